The summed E-state index contributed by atoms with van der Waals surface area (Å²) in [5, 5.41) is 0.536. The first kappa shape index (κ1) is 18.0. The van der Waals surface area contributed by atoms with Crippen LogP contribution in [-0.2, 0) is 4.79 Å². The first-order valence-corrected chi connectivity index (χ1v) is 9.14. The summed E-state index contributed by atoms with van der Waals surface area (Å²) in [6, 6.07) is 24.3. The molecule has 0 saturated heterocycles. The van der Waals surface area contributed by atoms with E-state index in [4.69, 9.17) is 16.3 Å². The molecule has 0 atom stereocenters. The lowest BCUT2D eigenvalue weighted by Gasteiger charge is -2.19. The van der Waals surface area contributed by atoms with E-state index in [2.05, 4.69) is 4.99 Å². The quantitative estimate of drug-likeness (QED) is 0.577. The van der Waals surface area contributed by atoms with E-state index in [1.807, 2.05) is 72.8 Å². The molecule has 3 aromatic carbocycles. The van der Waals surface area contributed by atoms with E-state index in [1.54, 1.807) is 24.2 Å². The minimum atomic E-state index is -0.216. The van der Waals surface area contributed by atoms with Crippen molar-refractivity contribution in [2.24, 2.45) is 4.99 Å². The van der Waals surface area contributed by atoms with E-state index in [1.165, 1.54) is 0 Å². The van der Waals surface area contributed by atoms with Crippen LogP contribution in [0.1, 0.15) is 11.1 Å². The van der Waals surface area contributed by atoms with Crippen molar-refractivity contribution in [3.05, 3.63) is 101 Å². The normalized spacial score (nSPS) is 15.1. The second-order valence-electron chi connectivity index (χ2n) is 6.16. The van der Waals surface area contributed by atoms with Gasteiger partial charge in [0.2, 0.25) is 0 Å². The van der Waals surface area contributed by atoms with Crippen LogP contribution in [0.4, 0.5) is 5.69 Å². The summed E-state index contributed by atoms with van der Waals surface area (Å²) in [4.78, 5) is 19.5. The number of anilines is 1. The standard InChI is InChI=1S/C23H17ClN2O2/c1-28-21-14-8-5-9-16(21)15-20-23(27)26(17-10-3-2-4-11-17)22(25-20)18-12-6-7-13-19(18)24/h2-15H,1H3/b20-15+. The van der Waals surface area contributed by atoms with Crippen LogP contribution < -0.4 is 9.64 Å². The first-order valence-electron chi connectivity index (χ1n) is 8.77. The zero-order valence-electron chi connectivity index (χ0n) is 15.2. The Morgan fingerprint density at radius 3 is 2.36 bits per heavy atom. The summed E-state index contributed by atoms with van der Waals surface area (Å²) >= 11 is 6.40. The maximum atomic E-state index is 13.3. The van der Waals surface area contributed by atoms with Crippen LogP contribution in [0.15, 0.2) is 89.6 Å². The monoisotopic (exact) mass is 388 g/mol. The average Bonchev–Trinajstić information content (AvgIpc) is 3.05. The molecular weight excluding hydrogens is 372 g/mol. The SMILES string of the molecule is COc1ccccc1/C=C1/N=C(c2ccccc2Cl)N(c2ccccc2)C1=O. The third-order valence-electron chi connectivity index (χ3n) is 4.42. The van der Waals surface area contributed by atoms with Crippen molar-refractivity contribution >= 4 is 35.1 Å². The van der Waals surface area contributed by atoms with Gasteiger partial charge in [0.25, 0.3) is 5.91 Å². The predicted molar refractivity (Wildman–Crippen MR) is 113 cm³/mol. The summed E-state index contributed by atoms with van der Waals surface area (Å²) in [5.41, 5.74) is 2.54. The first-order chi connectivity index (χ1) is 13.7. The van der Waals surface area contributed by atoms with Crippen molar-refractivity contribution in [3.63, 3.8) is 0 Å². The fourth-order valence-corrected chi connectivity index (χ4v) is 3.31. The maximum absolute atomic E-state index is 13.3. The molecule has 0 saturated carbocycles. The van der Waals surface area contributed by atoms with Gasteiger partial charge in [-0.1, -0.05) is 60.1 Å². The highest BCUT2D eigenvalue weighted by atomic mass is 35.5. The number of aliphatic imine (C=N–C) groups is 1. The third-order valence-corrected chi connectivity index (χ3v) is 4.75. The van der Waals surface area contributed by atoms with Gasteiger partial charge < -0.3 is 4.74 Å². The van der Waals surface area contributed by atoms with E-state index in [9.17, 15) is 4.79 Å². The number of methoxy groups -OCH3 is 1. The molecule has 0 radical (unpaired) electrons. The lowest BCUT2D eigenvalue weighted by Crippen LogP contribution is -2.32. The van der Waals surface area contributed by atoms with E-state index in [0.29, 0.717) is 27.9 Å². The number of rotatable bonds is 4. The number of carbonyl (C=O) groups excluding carboxylic acids is 1. The molecule has 1 amide bonds. The van der Waals surface area contributed by atoms with Gasteiger partial charge in [-0.25, -0.2) is 4.99 Å². The third kappa shape index (κ3) is 3.30. The molecular formula is C23H17ClN2O2. The van der Waals surface area contributed by atoms with Gasteiger partial charge in [0.05, 0.1) is 17.8 Å². The Morgan fingerprint density at radius 2 is 1.61 bits per heavy atom. The zero-order chi connectivity index (χ0) is 19.5. The van der Waals surface area contributed by atoms with Crippen molar-refractivity contribution in [2.45, 2.75) is 0 Å². The van der Waals surface area contributed by atoms with Gasteiger partial charge in [-0.15, -0.1) is 0 Å². The average molecular weight is 389 g/mol. The summed E-state index contributed by atoms with van der Waals surface area (Å²) in [6.45, 7) is 0. The molecule has 0 aromatic heterocycles. The van der Waals surface area contributed by atoms with Gasteiger partial charge in [-0.2, -0.15) is 0 Å². The number of benzene rings is 3. The van der Waals surface area contributed by atoms with E-state index in [0.717, 1.165) is 11.3 Å². The van der Waals surface area contributed by atoms with Gasteiger partial charge in [0, 0.05) is 11.1 Å². The summed E-state index contributed by atoms with van der Waals surface area (Å²) < 4.78 is 5.39. The summed E-state index contributed by atoms with van der Waals surface area (Å²) in [7, 11) is 1.60. The predicted octanol–water partition coefficient (Wildman–Crippen LogP) is 5.18. The number of halogens is 1. The number of nitrogens with zero attached hydrogens (tertiary/aromatic N) is 2. The highest BCUT2D eigenvalue weighted by Gasteiger charge is 2.33. The number of para-hydroxylation sites is 2. The topological polar surface area (TPSA) is 41.9 Å². The molecule has 0 spiro atoms. The molecule has 3 aromatic rings. The summed E-state index contributed by atoms with van der Waals surface area (Å²) in [5.74, 6) is 0.963. The number of hydrogen-bond donors (Lipinski definition) is 0. The van der Waals surface area contributed by atoms with Gasteiger partial charge in [-0.3, -0.25) is 9.69 Å². The van der Waals surface area contributed by atoms with Crippen molar-refractivity contribution in [3.8, 4) is 5.75 Å². The van der Waals surface area contributed by atoms with Crippen LogP contribution in [0, 0.1) is 0 Å². The number of amidine groups is 1. The lowest BCUT2D eigenvalue weighted by atomic mass is 10.1. The van der Waals surface area contributed by atoms with E-state index >= 15 is 0 Å². The zero-order valence-corrected chi connectivity index (χ0v) is 15.9. The molecule has 0 N–H and O–H groups in total. The molecule has 1 heterocycles. The Balaban J connectivity index is 1.87. The van der Waals surface area contributed by atoms with Crippen LogP contribution >= 0.6 is 11.6 Å². The second-order valence-corrected chi connectivity index (χ2v) is 6.57. The lowest BCUT2D eigenvalue weighted by molar-refractivity contribution is -0.113. The molecule has 28 heavy (non-hydrogen) atoms. The van der Waals surface area contributed by atoms with Crippen LogP contribution in [0.2, 0.25) is 5.02 Å². The van der Waals surface area contributed by atoms with Gasteiger partial charge >= 0.3 is 0 Å². The molecule has 1 aliphatic rings. The summed E-state index contributed by atoms with van der Waals surface area (Å²) in [6.07, 6.45) is 1.74. The molecule has 0 fully saturated rings. The molecule has 0 unspecified atom stereocenters. The van der Waals surface area contributed by atoms with Crippen molar-refractivity contribution in [1.29, 1.82) is 0 Å². The number of hydrogen-bond acceptors (Lipinski definition) is 3. The Hall–Kier alpha value is -3.37. The molecule has 4 rings (SSSR count). The Morgan fingerprint density at radius 1 is 0.929 bits per heavy atom. The van der Waals surface area contributed by atoms with Crippen LogP contribution in [0.5, 0.6) is 5.75 Å². The number of ether oxygens (including phenoxy) is 1. The van der Waals surface area contributed by atoms with Crippen LogP contribution in [0.25, 0.3) is 6.08 Å². The molecule has 0 bridgehead atoms. The molecule has 4 nitrogen and oxygen atoms in total. The second kappa shape index (κ2) is 7.71. The van der Waals surface area contributed by atoms with Crippen molar-refractivity contribution in [2.75, 3.05) is 12.0 Å². The van der Waals surface area contributed by atoms with Crippen LogP contribution in [-0.4, -0.2) is 18.9 Å². The minimum Gasteiger partial charge on any atom is -0.496 e. The maximum Gasteiger partial charge on any atom is 0.282 e. The van der Waals surface area contributed by atoms with E-state index < -0.39 is 0 Å². The largest absolute Gasteiger partial charge is 0.496 e. The Bertz CT molecular complexity index is 1090. The number of carbonyl (C=O) groups is 1. The fourth-order valence-electron chi connectivity index (χ4n) is 3.09. The Kier molecular flexibility index (Phi) is 4.96. The fraction of sp³-hybridized carbons (Fsp3) is 0.0435. The van der Waals surface area contributed by atoms with Crippen molar-refractivity contribution < 1.29 is 9.53 Å². The molecule has 0 aliphatic carbocycles. The van der Waals surface area contributed by atoms with E-state index in [-0.39, 0.29) is 5.91 Å². The minimum absolute atomic E-state index is 0.216. The van der Waals surface area contributed by atoms with Crippen molar-refractivity contribution in [1.82, 2.24) is 0 Å². The van der Waals surface area contributed by atoms with Gasteiger partial charge in [0.1, 0.15) is 17.3 Å². The van der Waals surface area contributed by atoms with Gasteiger partial charge in [-0.05, 0) is 36.4 Å². The highest BCUT2D eigenvalue weighted by Crippen LogP contribution is 2.31. The molecule has 1 aliphatic heterocycles. The number of amides is 1. The van der Waals surface area contributed by atoms with Gasteiger partial charge in [0.15, 0.2) is 0 Å². The molecule has 138 valence electrons. The van der Waals surface area contributed by atoms with Crippen LogP contribution in [0.3, 0.4) is 0 Å². The smallest absolute Gasteiger partial charge is 0.282 e. The molecule has 5 heteroatoms. The highest BCUT2D eigenvalue weighted by molar-refractivity contribution is 6.39. The Labute approximate surface area is 168 Å².